The Hall–Kier alpha value is -2.20. The summed E-state index contributed by atoms with van der Waals surface area (Å²) in [6.07, 6.45) is -4.18. The summed E-state index contributed by atoms with van der Waals surface area (Å²) in [5.74, 6) is -2.11. The van der Waals surface area contributed by atoms with Gasteiger partial charge in [0, 0.05) is 27.7 Å². The summed E-state index contributed by atoms with van der Waals surface area (Å²) in [4.78, 5) is 46.2. The lowest BCUT2D eigenvalue weighted by Gasteiger charge is -2.45. The quantitative estimate of drug-likeness (QED) is 0.450. The maximum atomic E-state index is 11.7. The van der Waals surface area contributed by atoms with Crippen LogP contribution in [0.5, 0.6) is 0 Å². The summed E-state index contributed by atoms with van der Waals surface area (Å²) in [5.41, 5.74) is 0. The summed E-state index contributed by atoms with van der Waals surface area (Å²) >= 11 is 0. The van der Waals surface area contributed by atoms with Crippen molar-refractivity contribution in [3.05, 3.63) is 0 Å². The maximum absolute atomic E-state index is 11.7. The first-order chi connectivity index (χ1) is 13.0. The Morgan fingerprint density at radius 3 is 1.96 bits per heavy atom. The number of esters is 3. The van der Waals surface area contributed by atoms with E-state index in [1.54, 1.807) is 0 Å². The Bertz CT molecular complexity index is 577. The minimum Gasteiger partial charge on any atom is -0.463 e. The van der Waals surface area contributed by atoms with E-state index in [1.165, 1.54) is 27.7 Å². The number of hydrogen-bond acceptors (Lipinski definition) is 9. The molecule has 0 aromatic rings. The van der Waals surface area contributed by atoms with Gasteiger partial charge in [-0.3, -0.25) is 19.2 Å². The van der Waals surface area contributed by atoms with Gasteiger partial charge in [0.1, 0.15) is 18.8 Å². The fourth-order valence-electron chi connectivity index (χ4n) is 2.72. The van der Waals surface area contributed by atoms with Crippen molar-refractivity contribution in [1.82, 2.24) is 5.32 Å². The predicted molar refractivity (Wildman–Crippen MR) is 94.8 cm³/mol. The highest BCUT2D eigenvalue weighted by Crippen LogP contribution is 2.28. The number of carbonyl (C=O) groups excluding carboxylic acids is 4. The molecule has 0 aliphatic carbocycles. The van der Waals surface area contributed by atoms with Crippen LogP contribution in [0, 0.1) is 5.92 Å². The van der Waals surface area contributed by atoms with Crippen molar-refractivity contribution in [2.45, 2.75) is 72.2 Å². The molecule has 0 radical (unpaired) electrons. The van der Waals surface area contributed by atoms with Crippen molar-refractivity contribution in [1.29, 1.82) is 0 Å². The van der Waals surface area contributed by atoms with Gasteiger partial charge in [0.15, 0.2) is 18.5 Å². The van der Waals surface area contributed by atoms with Crippen molar-refractivity contribution in [3.63, 3.8) is 0 Å². The molecule has 160 valence electrons. The van der Waals surface area contributed by atoms with Crippen LogP contribution in [0.3, 0.4) is 0 Å². The van der Waals surface area contributed by atoms with Gasteiger partial charge >= 0.3 is 17.9 Å². The molecule has 1 heterocycles. The molecule has 10 nitrogen and oxygen atoms in total. The van der Waals surface area contributed by atoms with Crippen LogP contribution >= 0.6 is 0 Å². The Balaban J connectivity index is 3.24. The molecule has 1 N–H and O–H groups in total. The molecule has 0 aromatic carbocycles. The Morgan fingerprint density at radius 2 is 1.50 bits per heavy atom. The van der Waals surface area contributed by atoms with Gasteiger partial charge in [-0.15, -0.1) is 0 Å². The summed E-state index contributed by atoms with van der Waals surface area (Å²) in [5, 5.41) is 2.63. The van der Waals surface area contributed by atoms with E-state index in [0.717, 1.165) is 0 Å². The van der Waals surface area contributed by atoms with E-state index >= 15 is 0 Å². The number of ether oxygens (including phenoxy) is 5. The summed E-state index contributed by atoms with van der Waals surface area (Å²) in [6.45, 7) is 8.79. The number of nitrogens with one attached hydrogen (secondary N) is 1. The molecule has 1 rings (SSSR count). The summed E-state index contributed by atoms with van der Waals surface area (Å²) in [6, 6.07) is -0.932. The van der Waals surface area contributed by atoms with E-state index in [9.17, 15) is 19.2 Å². The van der Waals surface area contributed by atoms with Crippen LogP contribution < -0.4 is 5.32 Å². The SMILES string of the molecule is CC(=O)N[C@@H]1[C@@H](OCC(C)C)O[C@@H](COC(C)=O)[C@@H](OC(C)=O)[C@H]1OC(C)=O. The molecule has 0 spiro atoms. The molecule has 1 fully saturated rings. The van der Waals surface area contributed by atoms with Crippen LogP contribution in [0.15, 0.2) is 0 Å². The number of hydrogen-bond donors (Lipinski definition) is 1. The monoisotopic (exact) mass is 403 g/mol. The summed E-state index contributed by atoms with van der Waals surface area (Å²) < 4.78 is 27.2. The Morgan fingerprint density at radius 1 is 0.929 bits per heavy atom. The van der Waals surface area contributed by atoms with Crippen molar-refractivity contribution >= 4 is 23.8 Å². The fraction of sp³-hybridized carbons (Fsp3) is 0.778. The largest absolute Gasteiger partial charge is 0.463 e. The molecule has 0 aromatic heterocycles. The third-order valence-electron chi connectivity index (χ3n) is 3.67. The molecule has 28 heavy (non-hydrogen) atoms. The molecule has 0 saturated carbocycles. The number of rotatable bonds is 8. The highest BCUT2D eigenvalue weighted by molar-refractivity contribution is 5.73. The van der Waals surface area contributed by atoms with Gasteiger partial charge in [0.05, 0.1) is 6.61 Å². The molecule has 1 aliphatic heterocycles. The fourth-order valence-corrected chi connectivity index (χ4v) is 2.72. The average molecular weight is 403 g/mol. The van der Waals surface area contributed by atoms with Gasteiger partial charge in [-0.1, -0.05) is 13.8 Å². The third kappa shape index (κ3) is 7.81. The predicted octanol–water partition coefficient (Wildman–Crippen LogP) is 0.315. The molecular formula is C18H29NO9. The van der Waals surface area contributed by atoms with E-state index in [4.69, 9.17) is 23.7 Å². The minimum absolute atomic E-state index is 0.159. The number of amides is 1. The van der Waals surface area contributed by atoms with E-state index in [-0.39, 0.29) is 12.5 Å². The normalized spacial score (nSPS) is 27.0. The first-order valence-electron chi connectivity index (χ1n) is 9.03. The lowest BCUT2D eigenvalue weighted by molar-refractivity contribution is -0.279. The zero-order valence-electron chi connectivity index (χ0n) is 17.1. The molecule has 0 bridgehead atoms. The topological polar surface area (TPSA) is 126 Å². The molecule has 10 heteroatoms. The second-order valence-electron chi connectivity index (χ2n) is 6.95. The van der Waals surface area contributed by atoms with Crippen LogP contribution in [0.25, 0.3) is 0 Å². The van der Waals surface area contributed by atoms with Crippen LogP contribution in [0.1, 0.15) is 41.5 Å². The first-order valence-corrected chi connectivity index (χ1v) is 9.03. The smallest absolute Gasteiger partial charge is 0.303 e. The summed E-state index contributed by atoms with van der Waals surface area (Å²) in [7, 11) is 0. The molecule has 1 amide bonds. The second kappa shape index (κ2) is 11.0. The minimum atomic E-state index is -1.11. The second-order valence-corrected chi connectivity index (χ2v) is 6.95. The van der Waals surface area contributed by atoms with Crippen LogP contribution in [0.4, 0.5) is 0 Å². The third-order valence-corrected chi connectivity index (χ3v) is 3.67. The van der Waals surface area contributed by atoms with Gasteiger partial charge in [-0.05, 0) is 5.92 Å². The highest BCUT2D eigenvalue weighted by Gasteiger charge is 2.51. The van der Waals surface area contributed by atoms with E-state index < -0.39 is 54.5 Å². The Kier molecular flexibility index (Phi) is 9.33. The average Bonchev–Trinajstić information content (AvgIpc) is 2.54. The van der Waals surface area contributed by atoms with Gasteiger partial charge in [0.25, 0.3) is 0 Å². The van der Waals surface area contributed by atoms with E-state index in [2.05, 4.69) is 5.32 Å². The lowest BCUT2D eigenvalue weighted by Crippen LogP contribution is -2.66. The Labute approximate surface area is 164 Å². The van der Waals surface area contributed by atoms with E-state index in [1.807, 2.05) is 13.8 Å². The van der Waals surface area contributed by atoms with Gasteiger partial charge in [-0.2, -0.15) is 0 Å². The molecular weight excluding hydrogens is 374 g/mol. The van der Waals surface area contributed by atoms with E-state index in [0.29, 0.717) is 6.61 Å². The van der Waals surface area contributed by atoms with Crippen molar-refractivity contribution in [3.8, 4) is 0 Å². The zero-order chi connectivity index (χ0) is 21.4. The molecule has 1 saturated heterocycles. The molecule has 0 unspecified atom stereocenters. The van der Waals surface area contributed by atoms with Gasteiger partial charge < -0.3 is 29.0 Å². The van der Waals surface area contributed by atoms with Gasteiger partial charge in [0.2, 0.25) is 5.91 Å². The maximum Gasteiger partial charge on any atom is 0.303 e. The number of carbonyl (C=O) groups is 4. The van der Waals surface area contributed by atoms with Crippen molar-refractivity contribution < 1.29 is 42.9 Å². The molecule has 1 aliphatic rings. The molecule has 5 atom stereocenters. The van der Waals surface area contributed by atoms with Crippen LogP contribution in [-0.4, -0.2) is 67.7 Å². The first kappa shape index (κ1) is 23.8. The van der Waals surface area contributed by atoms with Crippen molar-refractivity contribution in [2.24, 2.45) is 5.92 Å². The highest BCUT2D eigenvalue weighted by atomic mass is 16.7. The van der Waals surface area contributed by atoms with Crippen LogP contribution in [-0.2, 0) is 42.9 Å². The van der Waals surface area contributed by atoms with Crippen LogP contribution in [0.2, 0.25) is 0 Å². The zero-order valence-corrected chi connectivity index (χ0v) is 17.1. The lowest BCUT2D eigenvalue weighted by atomic mass is 9.96. The standard InChI is InChI=1S/C18H29NO9/c1-9(2)7-25-18-15(19-10(3)20)17(27-13(6)23)16(26-12(5)22)14(28-18)8-24-11(4)21/h9,14-18H,7-8H2,1-6H3,(H,19,20)/t14-,15-,16+,17-,18-/m0/s1. The van der Waals surface area contributed by atoms with Gasteiger partial charge in [-0.25, -0.2) is 0 Å². The van der Waals surface area contributed by atoms with Crippen molar-refractivity contribution in [2.75, 3.05) is 13.2 Å².